The molecule has 0 aromatic heterocycles. The molecule has 0 bridgehead atoms. The molecule has 0 spiro atoms. The maximum atomic E-state index is 6.17. The Morgan fingerprint density at radius 1 is 1.27 bits per heavy atom. The summed E-state index contributed by atoms with van der Waals surface area (Å²) in [6.45, 7) is 12.7. The molecule has 1 aliphatic heterocycles. The number of guanidine groups is 1. The van der Waals surface area contributed by atoms with Crippen molar-refractivity contribution in [3.8, 4) is 0 Å². The first-order valence-electron chi connectivity index (χ1n) is 10.2. The van der Waals surface area contributed by atoms with E-state index in [2.05, 4.69) is 71.2 Å². The van der Waals surface area contributed by atoms with E-state index in [-0.39, 0.29) is 0 Å². The monoisotopic (exact) mass is 359 g/mol. The van der Waals surface area contributed by atoms with Crippen molar-refractivity contribution in [2.45, 2.75) is 52.1 Å². The second kappa shape index (κ2) is 11.2. The van der Waals surface area contributed by atoms with Gasteiger partial charge in [-0.25, -0.2) is 0 Å². The second-order valence-electron chi connectivity index (χ2n) is 7.10. The van der Waals surface area contributed by atoms with Crippen molar-refractivity contribution in [1.82, 2.24) is 15.1 Å². The lowest BCUT2D eigenvalue weighted by Gasteiger charge is -2.29. The number of likely N-dealkylation sites (tertiary alicyclic amines) is 1. The Kier molecular flexibility index (Phi) is 8.92. The number of nitrogens with one attached hydrogen (secondary N) is 1. The first kappa shape index (κ1) is 20.7. The summed E-state index contributed by atoms with van der Waals surface area (Å²) < 4.78 is 0. The van der Waals surface area contributed by atoms with Crippen LogP contribution in [0.15, 0.2) is 35.3 Å². The standard InChI is InChI=1S/C21H37N5/c1-4-25(5-2)20(15-18-11-8-7-9-12-18)17-24-21(22)23-16-19-13-10-14-26(19)6-3/h7-9,11-12,19-20H,4-6,10,13-17H2,1-3H3,(H3,22,23,24). The van der Waals surface area contributed by atoms with Crippen molar-refractivity contribution in [1.29, 1.82) is 0 Å². The molecule has 1 aliphatic rings. The van der Waals surface area contributed by atoms with Gasteiger partial charge in [0.15, 0.2) is 5.96 Å². The molecular weight excluding hydrogens is 322 g/mol. The van der Waals surface area contributed by atoms with Gasteiger partial charge in [-0.2, -0.15) is 0 Å². The molecule has 1 heterocycles. The molecule has 146 valence electrons. The molecule has 0 amide bonds. The van der Waals surface area contributed by atoms with Gasteiger partial charge in [0, 0.05) is 18.6 Å². The summed E-state index contributed by atoms with van der Waals surface area (Å²) in [5.74, 6) is 0.582. The van der Waals surface area contributed by atoms with Crippen LogP contribution in [-0.2, 0) is 6.42 Å². The van der Waals surface area contributed by atoms with Crippen molar-refractivity contribution >= 4 is 5.96 Å². The Labute approximate surface area is 159 Å². The van der Waals surface area contributed by atoms with Crippen LogP contribution in [0.25, 0.3) is 0 Å². The zero-order valence-electron chi connectivity index (χ0n) is 16.8. The predicted molar refractivity (Wildman–Crippen MR) is 112 cm³/mol. The lowest BCUT2D eigenvalue weighted by atomic mass is 10.0. The molecule has 3 N–H and O–H groups in total. The number of aliphatic imine (C=N–C) groups is 1. The van der Waals surface area contributed by atoms with Crippen LogP contribution < -0.4 is 11.1 Å². The molecule has 0 saturated carbocycles. The van der Waals surface area contributed by atoms with Crippen LogP contribution in [0.2, 0.25) is 0 Å². The Hall–Kier alpha value is -1.59. The van der Waals surface area contributed by atoms with Crippen molar-refractivity contribution in [3.05, 3.63) is 35.9 Å². The topological polar surface area (TPSA) is 56.9 Å². The van der Waals surface area contributed by atoms with Gasteiger partial charge < -0.3 is 11.1 Å². The molecule has 0 radical (unpaired) electrons. The first-order chi connectivity index (χ1) is 12.7. The number of benzene rings is 1. The lowest BCUT2D eigenvalue weighted by Crippen LogP contribution is -2.44. The van der Waals surface area contributed by atoms with E-state index < -0.39 is 0 Å². The van der Waals surface area contributed by atoms with Crippen molar-refractivity contribution in [3.63, 3.8) is 0 Å². The van der Waals surface area contributed by atoms with Crippen LogP contribution in [-0.4, -0.2) is 67.1 Å². The SMILES string of the molecule is CCN(CC)C(CN=C(N)NCC1CCCN1CC)Cc1ccccc1. The number of rotatable bonds is 10. The third-order valence-corrected chi connectivity index (χ3v) is 5.54. The summed E-state index contributed by atoms with van der Waals surface area (Å²) in [6.07, 6.45) is 3.55. The van der Waals surface area contributed by atoms with Gasteiger partial charge in [0.2, 0.25) is 0 Å². The summed E-state index contributed by atoms with van der Waals surface area (Å²) in [7, 11) is 0. The summed E-state index contributed by atoms with van der Waals surface area (Å²) in [5.41, 5.74) is 7.52. The molecule has 2 unspecified atom stereocenters. The summed E-state index contributed by atoms with van der Waals surface area (Å²) in [5, 5.41) is 3.35. The van der Waals surface area contributed by atoms with E-state index in [1.165, 1.54) is 24.9 Å². The minimum Gasteiger partial charge on any atom is -0.370 e. The number of likely N-dealkylation sites (N-methyl/N-ethyl adjacent to an activating group) is 2. The normalized spacial score (nSPS) is 19.8. The minimum atomic E-state index is 0.381. The van der Waals surface area contributed by atoms with E-state index in [0.717, 1.165) is 39.1 Å². The number of nitrogens with zero attached hydrogens (tertiary/aromatic N) is 3. The molecule has 26 heavy (non-hydrogen) atoms. The maximum absolute atomic E-state index is 6.17. The van der Waals surface area contributed by atoms with Crippen molar-refractivity contribution < 1.29 is 0 Å². The minimum absolute atomic E-state index is 0.381. The van der Waals surface area contributed by atoms with Gasteiger partial charge in [-0.15, -0.1) is 0 Å². The summed E-state index contributed by atoms with van der Waals surface area (Å²) in [4.78, 5) is 9.67. The molecular formula is C21H37N5. The highest BCUT2D eigenvalue weighted by atomic mass is 15.2. The fourth-order valence-electron chi connectivity index (χ4n) is 3.96. The van der Waals surface area contributed by atoms with E-state index in [0.29, 0.717) is 18.0 Å². The highest BCUT2D eigenvalue weighted by molar-refractivity contribution is 5.77. The summed E-state index contributed by atoms with van der Waals surface area (Å²) >= 11 is 0. The fraction of sp³-hybridized carbons (Fsp3) is 0.667. The van der Waals surface area contributed by atoms with Gasteiger partial charge >= 0.3 is 0 Å². The van der Waals surface area contributed by atoms with E-state index in [4.69, 9.17) is 5.73 Å². The quantitative estimate of drug-likeness (QED) is 0.497. The van der Waals surface area contributed by atoms with E-state index >= 15 is 0 Å². The third-order valence-electron chi connectivity index (χ3n) is 5.54. The van der Waals surface area contributed by atoms with Crippen LogP contribution >= 0.6 is 0 Å². The van der Waals surface area contributed by atoms with Crippen LogP contribution in [0.4, 0.5) is 0 Å². The molecule has 5 nitrogen and oxygen atoms in total. The molecule has 1 aromatic rings. The number of nitrogens with two attached hydrogens (primary N) is 1. The van der Waals surface area contributed by atoms with E-state index in [9.17, 15) is 0 Å². The molecule has 1 aromatic carbocycles. The zero-order valence-corrected chi connectivity index (χ0v) is 16.8. The van der Waals surface area contributed by atoms with Crippen LogP contribution in [0.5, 0.6) is 0 Å². The Balaban J connectivity index is 1.90. The number of hydrogen-bond acceptors (Lipinski definition) is 3. The van der Waals surface area contributed by atoms with Crippen molar-refractivity contribution in [2.75, 3.05) is 39.3 Å². The Morgan fingerprint density at radius 3 is 2.65 bits per heavy atom. The Bertz CT molecular complexity index is 526. The second-order valence-corrected chi connectivity index (χ2v) is 7.10. The third kappa shape index (κ3) is 6.29. The largest absolute Gasteiger partial charge is 0.370 e. The average Bonchev–Trinajstić information content (AvgIpc) is 3.13. The van der Waals surface area contributed by atoms with E-state index in [1.807, 2.05) is 0 Å². The van der Waals surface area contributed by atoms with Crippen molar-refractivity contribution in [2.24, 2.45) is 10.7 Å². The Morgan fingerprint density at radius 2 is 2.00 bits per heavy atom. The summed E-state index contributed by atoms with van der Waals surface area (Å²) in [6, 6.07) is 11.6. The van der Waals surface area contributed by atoms with Gasteiger partial charge in [0.25, 0.3) is 0 Å². The first-order valence-corrected chi connectivity index (χ1v) is 10.2. The van der Waals surface area contributed by atoms with Gasteiger partial charge in [0.1, 0.15) is 0 Å². The molecule has 2 atom stereocenters. The molecule has 0 aliphatic carbocycles. The fourth-order valence-corrected chi connectivity index (χ4v) is 3.96. The highest BCUT2D eigenvalue weighted by Crippen LogP contribution is 2.15. The molecule has 5 heteroatoms. The zero-order chi connectivity index (χ0) is 18.8. The molecule has 1 saturated heterocycles. The average molecular weight is 360 g/mol. The molecule has 1 fully saturated rings. The predicted octanol–water partition coefficient (Wildman–Crippen LogP) is 2.33. The highest BCUT2D eigenvalue weighted by Gasteiger charge is 2.22. The molecule has 2 rings (SSSR count). The van der Waals surface area contributed by atoms with E-state index in [1.54, 1.807) is 0 Å². The van der Waals surface area contributed by atoms with Gasteiger partial charge in [-0.05, 0) is 51.0 Å². The maximum Gasteiger partial charge on any atom is 0.188 e. The van der Waals surface area contributed by atoms with Crippen LogP contribution in [0.1, 0.15) is 39.2 Å². The van der Waals surface area contributed by atoms with Gasteiger partial charge in [-0.1, -0.05) is 51.1 Å². The number of hydrogen-bond donors (Lipinski definition) is 2. The lowest BCUT2D eigenvalue weighted by molar-refractivity contribution is 0.220. The van der Waals surface area contributed by atoms with Gasteiger partial charge in [-0.3, -0.25) is 14.8 Å². The van der Waals surface area contributed by atoms with Crippen LogP contribution in [0, 0.1) is 0 Å². The van der Waals surface area contributed by atoms with Crippen LogP contribution in [0.3, 0.4) is 0 Å². The smallest absolute Gasteiger partial charge is 0.188 e. The van der Waals surface area contributed by atoms with Gasteiger partial charge in [0.05, 0.1) is 6.54 Å².